The number of rotatable bonds is 3. The molecule has 1 fully saturated rings. The fourth-order valence-corrected chi connectivity index (χ4v) is 1.90. The van der Waals surface area contributed by atoms with Crippen LogP contribution < -0.4 is 5.32 Å². The Hall–Kier alpha value is -1.43. The Morgan fingerprint density at radius 3 is 2.06 bits per heavy atom. The fourth-order valence-electron chi connectivity index (χ4n) is 1.90. The standard InChI is InChI=1S/C10H17N3O3/c1-5-10(6-2)7(14)11-9(16)13(8(10)15)12(3)4/h5-6H2,1-4H3,(H,11,14,16). The Kier molecular flexibility index (Phi) is 3.32. The van der Waals surface area contributed by atoms with Gasteiger partial charge in [0.05, 0.1) is 0 Å². The molecule has 1 saturated heterocycles. The minimum atomic E-state index is -1.11. The smallest absolute Gasteiger partial charge is 0.275 e. The van der Waals surface area contributed by atoms with E-state index in [9.17, 15) is 14.4 Å². The van der Waals surface area contributed by atoms with Crippen molar-refractivity contribution in [3.8, 4) is 0 Å². The van der Waals surface area contributed by atoms with E-state index in [0.717, 1.165) is 5.01 Å². The minimum absolute atomic E-state index is 0.381. The van der Waals surface area contributed by atoms with E-state index < -0.39 is 23.3 Å². The summed E-state index contributed by atoms with van der Waals surface area (Å²) in [4.78, 5) is 35.5. The van der Waals surface area contributed by atoms with Crippen molar-refractivity contribution in [2.75, 3.05) is 14.1 Å². The van der Waals surface area contributed by atoms with Crippen molar-refractivity contribution in [3.05, 3.63) is 0 Å². The molecular formula is C10H17N3O3. The fraction of sp³-hybridized carbons (Fsp3) is 0.700. The molecular weight excluding hydrogens is 210 g/mol. The van der Waals surface area contributed by atoms with Gasteiger partial charge in [0.1, 0.15) is 5.41 Å². The van der Waals surface area contributed by atoms with Gasteiger partial charge in [0.15, 0.2) is 0 Å². The number of hydrogen-bond donors (Lipinski definition) is 1. The molecule has 16 heavy (non-hydrogen) atoms. The van der Waals surface area contributed by atoms with E-state index in [-0.39, 0.29) is 0 Å². The number of carbonyl (C=O) groups excluding carboxylic acids is 3. The average Bonchev–Trinajstić information content (AvgIpc) is 2.18. The highest BCUT2D eigenvalue weighted by Gasteiger charge is 2.52. The largest absolute Gasteiger partial charge is 0.345 e. The van der Waals surface area contributed by atoms with E-state index in [4.69, 9.17) is 0 Å². The van der Waals surface area contributed by atoms with Gasteiger partial charge in [0.25, 0.3) is 5.91 Å². The lowest BCUT2D eigenvalue weighted by molar-refractivity contribution is -0.160. The van der Waals surface area contributed by atoms with Crippen LogP contribution in [0.1, 0.15) is 26.7 Å². The number of urea groups is 1. The molecule has 0 aromatic carbocycles. The Morgan fingerprint density at radius 1 is 1.19 bits per heavy atom. The Bertz CT molecular complexity index is 334. The number of hydrazine groups is 1. The van der Waals surface area contributed by atoms with E-state index >= 15 is 0 Å². The first-order chi connectivity index (χ1) is 7.40. The molecule has 0 radical (unpaired) electrons. The summed E-state index contributed by atoms with van der Waals surface area (Å²) in [5.74, 6) is -0.943. The second-order valence-corrected chi connectivity index (χ2v) is 4.01. The monoisotopic (exact) mass is 227 g/mol. The van der Waals surface area contributed by atoms with Gasteiger partial charge in [0.2, 0.25) is 5.91 Å². The molecule has 0 spiro atoms. The molecule has 1 aliphatic rings. The molecule has 1 heterocycles. The number of nitrogens with zero attached hydrogens (tertiary/aromatic N) is 2. The van der Waals surface area contributed by atoms with Crippen molar-refractivity contribution in [2.24, 2.45) is 5.41 Å². The summed E-state index contributed by atoms with van der Waals surface area (Å²) in [6.07, 6.45) is 0.761. The highest BCUT2D eigenvalue weighted by atomic mass is 16.2. The van der Waals surface area contributed by atoms with E-state index in [1.54, 1.807) is 27.9 Å². The first-order valence-electron chi connectivity index (χ1n) is 5.28. The summed E-state index contributed by atoms with van der Waals surface area (Å²) in [6, 6.07) is -0.683. The lowest BCUT2D eigenvalue weighted by Crippen LogP contribution is -2.66. The topological polar surface area (TPSA) is 69.7 Å². The quantitative estimate of drug-likeness (QED) is 0.706. The molecule has 0 atom stereocenters. The van der Waals surface area contributed by atoms with Crippen molar-refractivity contribution in [1.82, 2.24) is 15.3 Å². The molecule has 1 aliphatic heterocycles. The lowest BCUT2D eigenvalue weighted by Gasteiger charge is -2.40. The van der Waals surface area contributed by atoms with Crippen LogP contribution >= 0.6 is 0 Å². The van der Waals surface area contributed by atoms with Crippen molar-refractivity contribution in [1.29, 1.82) is 0 Å². The third-order valence-corrected chi connectivity index (χ3v) is 3.06. The Labute approximate surface area is 94.5 Å². The molecule has 0 aliphatic carbocycles. The first-order valence-corrected chi connectivity index (χ1v) is 5.28. The molecule has 0 aromatic rings. The predicted octanol–water partition coefficient (Wildman–Crippen LogP) is 0.348. The predicted molar refractivity (Wildman–Crippen MR) is 57.1 cm³/mol. The van der Waals surface area contributed by atoms with Crippen LogP contribution in [0, 0.1) is 5.41 Å². The summed E-state index contributed by atoms with van der Waals surface area (Å²) >= 11 is 0. The zero-order valence-corrected chi connectivity index (χ0v) is 10.0. The number of carbonyl (C=O) groups is 3. The van der Waals surface area contributed by atoms with Crippen LogP contribution in [-0.2, 0) is 9.59 Å². The Balaban J connectivity index is 3.17. The van der Waals surface area contributed by atoms with E-state index in [1.807, 2.05) is 0 Å². The third-order valence-electron chi connectivity index (χ3n) is 3.06. The van der Waals surface area contributed by atoms with Gasteiger partial charge in [-0.15, -0.1) is 0 Å². The van der Waals surface area contributed by atoms with Gasteiger partial charge < -0.3 is 0 Å². The maximum Gasteiger partial charge on any atom is 0.345 e. The van der Waals surface area contributed by atoms with Crippen LogP contribution in [0.25, 0.3) is 0 Å². The number of hydrogen-bond acceptors (Lipinski definition) is 4. The molecule has 0 aromatic heterocycles. The molecule has 90 valence electrons. The summed E-state index contributed by atoms with van der Waals surface area (Å²) in [5, 5.41) is 4.57. The lowest BCUT2D eigenvalue weighted by atomic mass is 9.79. The average molecular weight is 227 g/mol. The van der Waals surface area contributed by atoms with Gasteiger partial charge in [-0.3, -0.25) is 14.9 Å². The van der Waals surface area contributed by atoms with E-state index in [0.29, 0.717) is 12.8 Å². The van der Waals surface area contributed by atoms with Crippen molar-refractivity contribution < 1.29 is 14.4 Å². The highest BCUT2D eigenvalue weighted by molar-refractivity contribution is 6.18. The molecule has 0 unspecified atom stereocenters. The second kappa shape index (κ2) is 4.21. The molecule has 0 saturated carbocycles. The zero-order valence-electron chi connectivity index (χ0n) is 10.0. The molecule has 0 bridgehead atoms. The summed E-state index contributed by atoms with van der Waals surface area (Å²) < 4.78 is 0. The van der Waals surface area contributed by atoms with Crippen molar-refractivity contribution in [2.45, 2.75) is 26.7 Å². The van der Waals surface area contributed by atoms with E-state index in [1.165, 1.54) is 5.01 Å². The van der Waals surface area contributed by atoms with E-state index in [2.05, 4.69) is 5.32 Å². The van der Waals surface area contributed by atoms with Gasteiger partial charge >= 0.3 is 6.03 Å². The molecule has 4 amide bonds. The van der Waals surface area contributed by atoms with Crippen LogP contribution in [0.15, 0.2) is 0 Å². The second-order valence-electron chi connectivity index (χ2n) is 4.01. The maximum absolute atomic E-state index is 12.2. The van der Waals surface area contributed by atoms with Crippen LogP contribution in [0.2, 0.25) is 0 Å². The summed E-state index contributed by atoms with van der Waals surface area (Å²) in [7, 11) is 3.17. The van der Waals surface area contributed by atoms with Crippen molar-refractivity contribution >= 4 is 17.8 Å². The number of barbiturate groups is 1. The van der Waals surface area contributed by atoms with Crippen molar-refractivity contribution in [3.63, 3.8) is 0 Å². The van der Waals surface area contributed by atoms with Crippen LogP contribution in [0.3, 0.4) is 0 Å². The van der Waals surface area contributed by atoms with Crippen LogP contribution in [0.5, 0.6) is 0 Å². The van der Waals surface area contributed by atoms with Gasteiger partial charge in [0, 0.05) is 14.1 Å². The Morgan fingerprint density at radius 2 is 1.69 bits per heavy atom. The normalized spacial score (nSPS) is 20.3. The van der Waals surface area contributed by atoms with Gasteiger partial charge in [-0.05, 0) is 12.8 Å². The van der Waals surface area contributed by atoms with Gasteiger partial charge in [-0.1, -0.05) is 13.8 Å². The molecule has 1 N–H and O–H groups in total. The van der Waals surface area contributed by atoms with Gasteiger partial charge in [-0.2, -0.15) is 5.01 Å². The molecule has 1 rings (SSSR count). The molecule has 6 nitrogen and oxygen atoms in total. The van der Waals surface area contributed by atoms with Gasteiger partial charge in [-0.25, -0.2) is 9.80 Å². The number of nitrogens with one attached hydrogen (secondary N) is 1. The summed E-state index contributed by atoms with van der Waals surface area (Å²) in [5.41, 5.74) is -1.11. The van der Waals surface area contributed by atoms with Crippen LogP contribution in [-0.4, -0.2) is 42.0 Å². The first kappa shape index (κ1) is 12.6. The third kappa shape index (κ3) is 1.59. The zero-order chi connectivity index (χ0) is 12.5. The van der Waals surface area contributed by atoms with Crippen LogP contribution in [0.4, 0.5) is 4.79 Å². The highest BCUT2D eigenvalue weighted by Crippen LogP contribution is 2.32. The molecule has 6 heteroatoms. The SMILES string of the molecule is CCC1(CC)C(=O)NC(=O)N(N(C)C)C1=O. The summed E-state index contributed by atoms with van der Waals surface area (Å²) in [6.45, 7) is 3.54. The number of amides is 4. The maximum atomic E-state index is 12.2. The minimum Gasteiger partial charge on any atom is -0.275 e. The number of imide groups is 2.